The van der Waals surface area contributed by atoms with Crippen molar-refractivity contribution in [1.29, 1.82) is 0 Å². The van der Waals surface area contributed by atoms with Gasteiger partial charge in [0.2, 0.25) is 0 Å². The van der Waals surface area contributed by atoms with Crippen LogP contribution in [-0.4, -0.2) is 64.0 Å². The smallest absolute Gasteiger partial charge is 0.261 e. The Kier molecular flexibility index (Phi) is 5.40. The van der Waals surface area contributed by atoms with E-state index in [9.17, 15) is 8.42 Å². The van der Waals surface area contributed by atoms with Gasteiger partial charge in [0.05, 0.1) is 17.6 Å². The molecule has 0 saturated carbocycles. The number of nitrogens with zero attached hydrogens (tertiary/aromatic N) is 6. The third-order valence-electron chi connectivity index (χ3n) is 4.67. The maximum atomic E-state index is 12.4. The van der Waals surface area contributed by atoms with E-state index in [1.54, 1.807) is 32.7 Å². The highest BCUT2D eigenvalue weighted by Gasteiger charge is 2.31. The van der Waals surface area contributed by atoms with Gasteiger partial charge in [0.25, 0.3) is 10.2 Å². The third-order valence-corrected chi connectivity index (χ3v) is 6.57. The minimum absolute atomic E-state index is 0.0429. The van der Waals surface area contributed by atoms with E-state index in [2.05, 4.69) is 23.9 Å². The molecule has 0 N–H and O–H groups in total. The summed E-state index contributed by atoms with van der Waals surface area (Å²) < 4.78 is 29.6. The molecule has 142 valence electrons. The van der Waals surface area contributed by atoms with E-state index in [0.29, 0.717) is 13.1 Å². The number of aromatic nitrogens is 4. The summed E-state index contributed by atoms with van der Waals surface area (Å²) in [6.07, 6.45) is 6.96. The summed E-state index contributed by atoms with van der Waals surface area (Å²) in [6, 6.07) is 2.15. The van der Waals surface area contributed by atoms with Crippen molar-refractivity contribution < 1.29 is 8.42 Å². The van der Waals surface area contributed by atoms with E-state index in [1.807, 2.05) is 10.7 Å². The van der Waals surface area contributed by atoms with Crippen molar-refractivity contribution in [3.05, 3.63) is 30.4 Å². The molecule has 0 aromatic carbocycles. The van der Waals surface area contributed by atoms with Gasteiger partial charge in [-0.3, -0.25) is 9.67 Å². The molecule has 8 nitrogen and oxygen atoms in total. The summed E-state index contributed by atoms with van der Waals surface area (Å²) in [5.41, 5.74) is 2.52. The molecule has 9 heteroatoms. The lowest BCUT2D eigenvalue weighted by molar-refractivity contribution is 0.296. The Morgan fingerprint density at radius 1 is 1.27 bits per heavy atom. The maximum Gasteiger partial charge on any atom is 0.281 e. The van der Waals surface area contributed by atoms with Gasteiger partial charge in [-0.25, -0.2) is 4.98 Å². The van der Waals surface area contributed by atoms with Crippen LogP contribution in [0.1, 0.15) is 44.3 Å². The lowest BCUT2D eigenvalue weighted by Crippen LogP contribution is -2.45. The van der Waals surface area contributed by atoms with E-state index in [0.717, 1.165) is 29.9 Å². The minimum atomic E-state index is -3.41. The minimum Gasteiger partial charge on any atom is -0.261 e. The van der Waals surface area contributed by atoms with Gasteiger partial charge in [-0.15, -0.1) is 0 Å². The zero-order chi connectivity index (χ0) is 18.9. The first-order chi connectivity index (χ1) is 12.3. The number of hydrogen-bond donors (Lipinski definition) is 0. The predicted molar refractivity (Wildman–Crippen MR) is 99.8 cm³/mol. The maximum absolute atomic E-state index is 12.4. The molecule has 1 fully saturated rings. The van der Waals surface area contributed by atoms with Crippen molar-refractivity contribution >= 4 is 10.2 Å². The van der Waals surface area contributed by atoms with Crippen LogP contribution in [0.3, 0.4) is 0 Å². The second kappa shape index (κ2) is 7.42. The monoisotopic (exact) mass is 378 g/mol. The second-order valence-electron chi connectivity index (χ2n) is 7.07. The fourth-order valence-corrected chi connectivity index (χ4v) is 4.44. The van der Waals surface area contributed by atoms with Crippen molar-refractivity contribution in [3.63, 3.8) is 0 Å². The van der Waals surface area contributed by atoms with Crippen LogP contribution in [0.25, 0.3) is 11.4 Å². The lowest BCUT2D eigenvalue weighted by Gasteiger charge is -2.33. The summed E-state index contributed by atoms with van der Waals surface area (Å²) in [6.45, 7) is 5.12. The van der Waals surface area contributed by atoms with Gasteiger partial charge in [-0.2, -0.15) is 22.1 Å². The fraction of sp³-hybridized carbons (Fsp3) is 0.588. The van der Waals surface area contributed by atoms with Crippen molar-refractivity contribution in [2.75, 3.05) is 27.2 Å². The van der Waals surface area contributed by atoms with Gasteiger partial charge < -0.3 is 0 Å². The Balaban J connectivity index is 1.87. The quantitative estimate of drug-likeness (QED) is 0.793. The molecule has 0 bridgehead atoms. The Labute approximate surface area is 155 Å². The Bertz CT molecular complexity index is 862. The average molecular weight is 379 g/mol. The van der Waals surface area contributed by atoms with Gasteiger partial charge in [0.15, 0.2) is 0 Å². The van der Waals surface area contributed by atoms with Gasteiger partial charge in [-0.05, 0) is 32.8 Å². The molecule has 0 radical (unpaired) electrons. The van der Waals surface area contributed by atoms with Crippen LogP contribution in [0, 0.1) is 0 Å². The Morgan fingerprint density at radius 2 is 2.04 bits per heavy atom. The first-order valence-electron chi connectivity index (χ1n) is 8.84. The first-order valence-corrected chi connectivity index (χ1v) is 10.2. The van der Waals surface area contributed by atoms with Gasteiger partial charge >= 0.3 is 0 Å². The van der Waals surface area contributed by atoms with E-state index >= 15 is 0 Å². The molecule has 1 atom stereocenters. The predicted octanol–water partition coefficient (Wildman–Crippen LogP) is 1.91. The number of hydrogen-bond acceptors (Lipinski definition) is 5. The van der Waals surface area contributed by atoms with Crippen molar-refractivity contribution in [3.8, 4) is 11.4 Å². The van der Waals surface area contributed by atoms with E-state index in [4.69, 9.17) is 4.98 Å². The van der Waals surface area contributed by atoms with Crippen LogP contribution in [0.4, 0.5) is 0 Å². The molecular formula is C17H26N6O2S. The summed E-state index contributed by atoms with van der Waals surface area (Å²) in [5.74, 6) is 0.0429. The van der Waals surface area contributed by atoms with Crippen LogP contribution in [0.15, 0.2) is 24.7 Å². The molecular weight excluding hydrogens is 352 g/mol. The van der Waals surface area contributed by atoms with Crippen molar-refractivity contribution in [2.24, 2.45) is 0 Å². The molecule has 1 unspecified atom stereocenters. The van der Waals surface area contributed by atoms with Gasteiger partial charge in [-0.1, -0.05) is 0 Å². The van der Waals surface area contributed by atoms with E-state index in [1.165, 1.54) is 8.61 Å². The molecule has 0 amide bonds. The van der Waals surface area contributed by atoms with Crippen LogP contribution in [0.5, 0.6) is 0 Å². The van der Waals surface area contributed by atoms with E-state index in [-0.39, 0.29) is 12.0 Å². The molecule has 1 saturated heterocycles. The zero-order valence-electron chi connectivity index (χ0n) is 15.7. The normalized spacial score (nSPS) is 19.4. The molecule has 0 spiro atoms. The highest BCUT2D eigenvalue weighted by molar-refractivity contribution is 7.86. The van der Waals surface area contributed by atoms with Crippen LogP contribution >= 0.6 is 0 Å². The van der Waals surface area contributed by atoms with Gasteiger partial charge in [0.1, 0.15) is 5.69 Å². The van der Waals surface area contributed by atoms with Gasteiger partial charge in [0, 0.05) is 51.5 Å². The van der Waals surface area contributed by atoms with Crippen molar-refractivity contribution in [2.45, 2.75) is 38.6 Å². The SMILES string of the molecule is CC(C)n1nccc1-c1cncc(C2CCCN(S(=O)(=O)N(C)C)C2)n1. The average Bonchev–Trinajstić information content (AvgIpc) is 3.12. The number of rotatable bonds is 5. The molecule has 0 aliphatic carbocycles. The largest absolute Gasteiger partial charge is 0.281 e. The zero-order valence-corrected chi connectivity index (χ0v) is 16.5. The summed E-state index contributed by atoms with van der Waals surface area (Å²) in [7, 11) is -0.284. The summed E-state index contributed by atoms with van der Waals surface area (Å²) >= 11 is 0. The topological polar surface area (TPSA) is 84.2 Å². The number of piperidine rings is 1. The molecule has 2 aromatic heterocycles. The van der Waals surface area contributed by atoms with E-state index < -0.39 is 10.2 Å². The Hall–Kier alpha value is -1.84. The van der Waals surface area contributed by atoms with Crippen LogP contribution in [-0.2, 0) is 10.2 Å². The van der Waals surface area contributed by atoms with Crippen LogP contribution < -0.4 is 0 Å². The fourth-order valence-electron chi connectivity index (χ4n) is 3.25. The first kappa shape index (κ1) is 18.9. The highest BCUT2D eigenvalue weighted by atomic mass is 32.2. The second-order valence-corrected chi connectivity index (χ2v) is 9.21. The molecule has 3 heterocycles. The molecule has 2 aromatic rings. The molecule has 3 rings (SSSR count). The molecule has 1 aliphatic rings. The highest BCUT2D eigenvalue weighted by Crippen LogP contribution is 2.29. The molecule has 1 aliphatic heterocycles. The summed E-state index contributed by atoms with van der Waals surface area (Å²) in [4.78, 5) is 9.14. The van der Waals surface area contributed by atoms with Crippen LogP contribution in [0.2, 0.25) is 0 Å². The standard InChI is InChI=1S/C17H26N6O2S/c1-13(2)23-17(7-8-19-23)16-11-18-10-15(20-16)14-6-5-9-22(12-14)26(24,25)21(3)4/h7-8,10-11,13-14H,5-6,9,12H2,1-4H3. The summed E-state index contributed by atoms with van der Waals surface area (Å²) in [5, 5.41) is 4.35. The third kappa shape index (κ3) is 3.65. The lowest BCUT2D eigenvalue weighted by atomic mass is 9.96. The van der Waals surface area contributed by atoms with Crippen molar-refractivity contribution in [1.82, 2.24) is 28.4 Å². The Morgan fingerprint density at radius 3 is 2.73 bits per heavy atom. The molecule has 26 heavy (non-hydrogen) atoms.